The van der Waals surface area contributed by atoms with Gasteiger partial charge in [0.2, 0.25) is 0 Å². The first kappa shape index (κ1) is 11.0. The smallest absolute Gasteiger partial charge is 0.0784 e. The summed E-state index contributed by atoms with van der Waals surface area (Å²) in [6.45, 7) is 2.95. The van der Waals surface area contributed by atoms with Gasteiger partial charge < -0.3 is 10.1 Å². The van der Waals surface area contributed by atoms with Crippen molar-refractivity contribution < 1.29 is 4.74 Å². The van der Waals surface area contributed by atoms with Crippen molar-refractivity contribution in [3.05, 3.63) is 34.9 Å². The molecule has 1 saturated heterocycles. The molecule has 18 heavy (non-hydrogen) atoms. The molecule has 1 N–H and O–H groups in total. The average molecular weight is 243 g/mol. The van der Waals surface area contributed by atoms with Gasteiger partial charge >= 0.3 is 0 Å². The molecule has 1 saturated carbocycles. The third kappa shape index (κ3) is 1.63. The Morgan fingerprint density at radius 2 is 1.89 bits per heavy atom. The van der Waals surface area contributed by atoms with Gasteiger partial charge in [0.05, 0.1) is 12.7 Å². The van der Waals surface area contributed by atoms with Gasteiger partial charge in [-0.3, -0.25) is 0 Å². The summed E-state index contributed by atoms with van der Waals surface area (Å²) in [6.07, 6.45) is 5.98. The summed E-state index contributed by atoms with van der Waals surface area (Å²) in [7, 11) is 0. The summed E-state index contributed by atoms with van der Waals surface area (Å²) < 4.78 is 6.07. The van der Waals surface area contributed by atoms with E-state index in [0.717, 1.165) is 25.6 Å². The van der Waals surface area contributed by atoms with Gasteiger partial charge in [-0.05, 0) is 35.4 Å². The van der Waals surface area contributed by atoms with E-state index in [1.54, 1.807) is 11.1 Å². The summed E-state index contributed by atoms with van der Waals surface area (Å²) in [5.41, 5.74) is 4.69. The zero-order valence-electron chi connectivity index (χ0n) is 10.8. The first-order valence-corrected chi connectivity index (χ1v) is 7.37. The van der Waals surface area contributed by atoms with E-state index in [1.807, 2.05) is 0 Å². The Morgan fingerprint density at radius 3 is 2.78 bits per heavy atom. The first-order valence-electron chi connectivity index (χ1n) is 7.37. The van der Waals surface area contributed by atoms with Gasteiger partial charge in [0, 0.05) is 19.0 Å². The number of fused-ring (bicyclic) bond motifs is 3. The van der Waals surface area contributed by atoms with Crippen LogP contribution in [0.1, 0.15) is 54.2 Å². The van der Waals surface area contributed by atoms with Crippen molar-refractivity contribution in [3.63, 3.8) is 0 Å². The molecule has 1 aromatic carbocycles. The normalized spacial score (nSPS) is 31.3. The summed E-state index contributed by atoms with van der Waals surface area (Å²) in [4.78, 5) is 0. The number of ether oxygens (including phenoxy) is 1. The molecular formula is C16H21NO. The van der Waals surface area contributed by atoms with E-state index in [-0.39, 0.29) is 0 Å². The van der Waals surface area contributed by atoms with Gasteiger partial charge in [0.15, 0.2) is 0 Å². The van der Waals surface area contributed by atoms with Crippen LogP contribution in [0.5, 0.6) is 0 Å². The Balaban J connectivity index is 1.75. The van der Waals surface area contributed by atoms with Gasteiger partial charge in [0.1, 0.15) is 0 Å². The van der Waals surface area contributed by atoms with E-state index in [4.69, 9.17) is 4.74 Å². The standard InChI is InChI=1S/C16H21NO/c1-2-5-11(4-1)12-6-3-7-13-14-8-17-9-16(14)18-10-15(12)13/h3,6-7,11,14,16-17H,1-2,4-5,8-10H2. The molecule has 3 aliphatic rings. The summed E-state index contributed by atoms with van der Waals surface area (Å²) >= 11 is 0. The molecule has 2 fully saturated rings. The molecule has 2 unspecified atom stereocenters. The topological polar surface area (TPSA) is 21.3 Å². The quantitative estimate of drug-likeness (QED) is 0.819. The van der Waals surface area contributed by atoms with Crippen LogP contribution in [0, 0.1) is 0 Å². The van der Waals surface area contributed by atoms with E-state index in [1.165, 1.54) is 31.2 Å². The van der Waals surface area contributed by atoms with Crippen molar-refractivity contribution in [2.75, 3.05) is 13.1 Å². The molecule has 2 heterocycles. The fourth-order valence-corrected chi connectivity index (χ4v) is 4.09. The molecular weight excluding hydrogens is 222 g/mol. The van der Waals surface area contributed by atoms with E-state index in [2.05, 4.69) is 23.5 Å². The van der Waals surface area contributed by atoms with Crippen molar-refractivity contribution in [2.45, 2.75) is 50.2 Å². The summed E-state index contributed by atoms with van der Waals surface area (Å²) in [6, 6.07) is 6.95. The second-order valence-electron chi connectivity index (χ2n) is 6.01. The predicted octanol–water partition coefficient (Wildman–Crippen LogP) is 2.93. The van der Waals surface area contributed by atoms with Crippen molar-refractivity contribution in [3.8, 4) is 0 Å². The van der Waals surface area contributed by atoms with Crippen molar-refractivity contribution in [2.24, 2.45) is 0 Å². The van der Waals surface area contributed by atoms with Crippen LogP contribution in [0.3, 0.4) is 0 Å². The molecule has 2 nitrogen and oxygen atoms in total. The lowest BCUT2D eigenvalue weighted by Gasteiger charge is -2.30. The Morgan fingerprint density at radius 1 is 1.06 bits per heavy atom. The Bertz CT molecular complexity index is 436. The van der Waals surface area contributed by atoms with E-state index >= 15 is 0 Å². The highest BCUT2D eigenvalue weighted by Crippen LogP contribution is 2.41. The highest BCUT2D eigenvalue weighted by atomic mass is 16.5. The fraction of sp³-hybridized carbons (Fsp3) is 0.625. The summed E-state index contributed by atoms with van der Waals surface area (Å²) in [5, 5.41) is 3.47. The summed E-state index contributed by atoms with van der Waals surface area (Å²) in [5.74, 6) is 1.39. The monoisotopic (exact) mass is 243 g/mol. The SMILES string of the molecule is c1cc(C2CCCC2)c2c(c1)C1CNCC1OC2. The minimum absolute atomic E-state index is 0.413. The van der Waals surface area contributed by atoms with Crippen molar-refractivity contribution >= 4 is 0 Å². The van der Waals surface area contributed by atoms with Crippen molar-refractivity contribution in [1.82, 2.24) is 5.32 Å². The second kappa shape index (κ2) is 4.36. The molecule has 1 aliphatic carbocycles. The molecule has 0 spiro atoms. The largest absolute Gasteiger partial charge is 0.372 e. The van der Waals surface area contributed by atoms with Gasteiger partial charge in [0.25, 0.3) is 0 Å². The number of benzene rings is 1. The second-order valence-corrected chi connectivity index (χ2v) is 6.01. The van der Waals surface area contributed by atoms with Crippen LogP contribution in [0.25, 0.3) is 0 Å². The zero-order valence-corrected chi connectivity index (χ0v) is 10.8. The molecule has 2 atom stereocenters. The number of nitrogens with one attached hydrogen (secondary N) is 1. The van der Waals surface area contributed by atoms with Crippen LogP contribution in [-0.4, -0.2) is 19.2 Å². The van der Waals surface area contributed by atoms with E-state index < -0.39 is 0 Å². The highest BCUT2D eigenvalue weighted by molar-refractivity contribution is 5.42. The van der Waals surface area contributed by atoms with E-state index in [0.29, 0.717) is 12.0 Å². The number of hydrogen-bond donors (Lipinski definition) is 1. The highest BCUT2D eigenvalue weighted by Gasteiger charge is 2.35. The van der Waals surface area contributed by atoms with Crippen LogP contribution >= 0.6 is 0 Å². The maximum absolute atomic E-state index is 6.07. The lowest BCUT2D eigenvalue weighted by atomic mass is 9.83. The molecule has 0 amide bonds. The Hall–Kier alpha value is -0.860. The van der Waals surface area contributed by atoms with Crippen LogP contribution in [0.4, 0.5) is 0 Å². The lowest BCUT2D eigenvalue weighted by Crippen LogP contribution is -2.27. The van der Waals surface area contributed by atoms with Crippen molar-refractivity contribution in [1.29, 1.82) is 0 Å². The first-order chi connectivity index (χ1) is 8.93. The van der Waals surface area contributed by atoms with Gasteiger partial charge in [-0.25, -0.2) is 0 Å². The van der Waals surface area contributed by atoms with Crippen LogP contribution < -0.4 is 5.32 Å². The molecule has 2 heteroatoms. The molecule has 0 aromatic heterocycles. The van der Waals surface area contributed by atoms with Gasteiger partial charge in [-0.2, -0.15) is 0 Å². The number of hydrogen-bond acceptors (Lipinski definition) is 2. The molecule has 96 valence electrons. The molecule has 2 aliphatic heterocycles. The van der Waals surface area contributed by atoms with Crippen LogP contribution in [-0.2, 0) is 11.3 Å². The zero-order chi connectivity index (χ0) is 11.9. The molecule has 0 radical (unpaired) electrons. The maximum atomic E-state index is 6.07. The average Bonchev–Trinajstić information content (AvgIpc) is 3.09. The fourth-order valence-electron chi connectivity index (χ4n) is 4.09. The third-order valence-electron chi connectivity index (χ3n) is 5.04. The molecule has 1 aromatic rings. The van der Waals surface area contributed by atoms with Gasteiger partial charge in [-0.1, -0.05) is 31.0 Å². The molecule has 4 rings (SSSR count). The predicted molar refractivity (Wildman–Crippen MR) is 71.8 cm³/mol. The minimum Gasteiger partial charge on any atom is -0.372 e. The molecule has 0 bridgehead atoms. The maximum Gasteiger partial charge on any atom is 0.0784 e. The Labute approximate surface area is 109 Å². The van der Waals surface area contributed by atoms with Gasteiger partial charge in [-0.15, -0.1) is 0 Å². The Kier molecular flexibility index (Phi) is 2.66. The third-order valence-corrected chi connectivity index (χ3v) is 5.04. The van der Waals surface area contributed by atoms with Crippen LogP contribution in [0.2, 0.25) is 0 Å². The number of rotatable bonds is 1. The lowest BCUT2D eigenvalue weighted by molar-refractivity contribution is 0.0292. The van der Waals surface area contributed by atoms with E-state index in [9.17, 15) is 0 Å². The van der Waals surface area contributed by atoms with Crippen LogP contribution in [0.15, 0.2) is 18.2 Å². The minimum atomic E-state index is 0.413.